The van der Waals surface area contributed by atoms with E-state index in [9.17, 15) is 31.1 Å². The molecule has 0 fully saturated rings. The Morgan fingerprint density at radius 2 is 1.32 bits per heavy atom. The summed E-state index contributed by atoms with van der Waals surface area (Å²) in [5.41, 5.74) is 0.313. The fourth-order valence-corrected chi connectivity index (χ4v) is 3.89. The summed E-state index contributed by atoms with van der Waals surface area (Å²) in [6.07, 6.45) is -2.98. The maximum atomic E-state index is 13.1. The summed E-state index contributed by atoms with van der Waals surface area (Å²) < 4.78 is 78.3. The molecule has 0 aliphatic carbocycles. The molecule has 0 spiro atoms. The Hall–Kier alpha value is -4.40. The van der Waals surface area contributed by atoms with Crippen LogP contribution in [0, 0.1) is 0 Å². The maximum absolute atomic E-state index is 13.1. The van der Waals surface area contributed by atoms with E-state index < -0.39 is 29.4 Å². The predicted octanol–water partition coefficient (Wildman–Crippen LogP) is 8.29. The monoisotopic (exact) mass is 526 g/mol. The molecule has 1 N–H and O–H groups in total. The summed E-state index contributed by atoms with van der Waals surface area (Å²) in [5.74, 6) is -0.456. The molecule has 0 atom stereocenters. The summed E-state index contributed by atoms with van der Waals surface area (Å²) >= 11 is 0. The van der Waals surface area contributed by atoms with E-state index in [-0.39, 0.29) is 0 Å². The van der Waals surface area contributed by atoms with E-state index in [1.54, 1.807) is 37.5 Å². The molecule has 0 aliphatic rings. The van der Waals surface area contributed by atoms with Crippen molar-refractivity contribution in [2.75, 3.05) is 5.32 Å². The molecule has 3 nitrogen and oxygen atoms in total. The number of allylic oxidation sites excluding steroid dienone is 2. The normalized spacial score (nSPS) is 12.3. The standard InChI is InChI=1S/C29H20F6N2O/c1-18(16-27(38)37-26-4-2-3-21-17-36-14-13-24(21)26)15-25(19-5-9-22(10-6-19)28(30,31)32)20-7-11-23(12-8-20)29(33,34)35/h2-17H,1H3,(H,37,38)/b18-16+. The molecular weight excluding hydrogens is 506 g/mol. The second kappa shape index (κ2) is 10.5. The van der Waals surface area contributed by atoms with Crippen molar-refractivity contribution in [1.29, 1.82) is 0 Å². The van der Waals surface area contributed by atoms with E-state index in [0.717, 1.165) is 35.0 Å². The van der Waals surface area contributed by atoms with Crippen LogP contribution in [0.25, 0.3) is 16.3 Å². The molecule has 0 saturated heterocycles. The number of halogens is 6. The Morgan fingerprint density at radius 1 is 0.763 bits per heavy atom. The van der Waals surface area contributed by atoms with Crippen LogP contribution in [0.4, 0.5) is 32.0 Å². The average molecular weight is 526 g/mol. The number of anilines is 1. The van der Waals surface area contributed by atoms with Crippen LogP contribution in [0.2, 0.25) is 0 Å². The van der Waals surface area contributed by atoms with Crippen LogP contribution >= 0.6 is 0 Å². The van der Waals surface area contributed by atoms with Crippen LogP contribution in [-0.2, 0) is 17.1 Å². The van der Waals surface area contributed by atoms with Gasteiger partial charge < -0.3 is 5.32 Å². The van der Waals surface area contributed by atoms with Crippen molar-refractivity contribution in [1.82, 2.24) is 4.98 Å². The van der Waals surface area contributed by atoms with E-state index in [1.807, 2.05) is 6.07 Å². The number of aromatic nitrogens is 1. The highest BCUT2D eigenvalue weighted by atomic mass is 19.4. The molecule has 4 rings (SSSR count). The number of rotatable bonds is 5. The van der Waals surface area contributed by atoms with E-state index in [1.165, 1.54) is 36.4 Å². The van der Waals surface area contributed by atoms with Crippen LogP contribution in [0.5, 0.6) is 0 Å². The lowest BCUT2D eigenvalue weighted by Gasteiger charge is -2.13. The number of carbonyl (C=O) groups excluding carboxylic acids is 1. The number of benzene rings is 3. The first-order chi connectivity index (χ1) is 17.9. The summed E-state index contributed by atoms with van der Waals surface area (Å²) in [6.45, 7) is 1.61. The minimum absolute atomic E-state index is 0.340. The number of alkyl halides is 6. The van der Waals surface area contributed by atoms with Gasteiger partial charge in [0.1, 0.15) is 0 Å². The van der Waals surface area contributed by atoms with Crippen molar-refractivity contribution in [2.45, 2.75) is 19.3 Å². The van der Waals surface area contributed by atoms with E-state index in [2.05, 4.69) is 10.3 Å². The van der Waals surface area contributed by atoms with Gasteiger partial charge in [-0.3, -0.25) is 9.78 Å². The minimum Gasteiger partial charge on any atom is -0.322 e. The molecule has 0 unspecified atom stereocenters. The van der Waals surface area contributed by atoms with Crippen LogP contribution in [0.15, 0.2) is 103 Å². The van der Waals surface area contributed by atoms with Gasteiger partial charge in [0, 0.05) is 34.9 Å². The predicted molar refractivity (Wildman–Crippen MR) is 134 cm³/mol. The Balaban J connectivity index is 1.69. The van der Waals surface area contributed by atoms with Crippen LogP contribution < -0.4 is 5.32 Å². The topological polar surface area (TPSA) is 42.0 Å². The number of amides is 1. The number of pyridine rings is 1. The molecule has 38 heavy (non-hydrogen) atoms. The highest BCUT2D eigenvalue weighted by Gasteiger charge is 2.31. The molecule has 194 valence electrons. The number of fused-ring (bicyclic) bond motifs is 1. The first kappa shape index (κ1) is 26.7. The van der Waals surface area contributed by atoms with E-state index >= 15 is 0 Å². The van der Waals surface area contributed by atoms with E-state index in [0.29, 0.717) is 28.0 Å². The fraction of sp³-hybridized carbons (Fsp3) is 0.103. The molecule has 3 aromatic carbocycles. The van der Waals surface area contributed by atoms with Crippen molar-refractivity contribution < 1.29 is 31.1 Å². The smallest absolute Gasteiger partial charge is 0.322 e. The van der Waals surface area contributed by atoms with Gasteiger partial charge in [0.15, 0.2) is 0 Å². The summed E-state index contributed by atoms with van der Waals surface area (Å²) in [7, 11) is 0. The average Bonchev–Trinajstić information content (AvgIpc) is 2.86. The fourth-order valence-electron chi connectivity index (χ4n) is 3.89. The highest BCUT2D eigenvalue weighted by Crippen LogP contribution is 2.34. The molecule has 1 aromatic heterocycles. The van der Waals surface area contributed by atoms with E-state index in [4.69, 9.17) is 0 Å². The first-order valence-electron chi connectivity index (χ1n) is 11.3. The highest BCUT2D eigenvalue weighted by molar-refractivity contribution is 6.06. The lowest BCUT2D eigenvalue weighted by Crippen LogP contribution is -2.09. The molecule has 0 saturated carbocycles. The Bertz CT molecular complexity index is 1450. The second-order valence-electron chi connectivity index (χ2n) is 8.49. The SMILES string of the molecule is C/C(C=C(c1ccc(C(F)(F)F)cc1)c1ccc(C(F)(F)F)cc1)=C\C(=O)Nc1cccc2cnccc12. The van der Waals surface area contributed by atoms with Gasteiger partial charge in [-0.2, -0.15) is 26.3 Å². The number of hydrogen-bond acceptors (Lipinski definition) is 2. The zero-order chi connectivity index (χ0) is 27.5. The van der Waals surface area contributed by atoms with Crippen molar-refractivity contribution in [3.05, 3.63) is 125 Å². The number of carbonyl (C=O) groups is 1. The molecule has 4 aromatic rings. The third-order valence-electron chi connectivity index (χ3n) is 5.72. The first-order valence-corrected chi connectivity index (χ1v) is 11.3. The minimum atomic E-state index is -4.54. The van der Waals surface area contributed by atoms with Gasteiger partial charge in [-0.05, 0) is 65.6 Å². The molecule has 9 heteroatoms. The van der Waals surface area contributed by atoms with Crippen LogP contribution in [-0.4, -0.2) is 10.9 Å². The number of nitrogens with one attached hydrogen (secondary N) is 1. The molecule has 0 radical (unpaired) electrons. The van der Waals surface area contributed by atoms with Crippen molar-refractivity contribution in [3.8, 4) is 0 Å². The van der Waals surface area contributed by atoms with Gasteiger partial charge in [0.25, 0.3) is 0 Å². The summed E-state index contributed by atoms with van der Waals surface area (Å²) in [4.78, 5) is 16.8. The quantitative estimate of drug-likeness (QED) is 0.162. The van der Waals surface area contributed by atoms with Crippen LogP contribution in [0.3, 0.4) is 0 Å². The Kier molecular flexibility index (Phi) is 7.39. The molecule has 1 amide bonds. The zero-order valence-corrected chi connectivity index (χ0v) is 19.9. The third-order valence-corrected chi connectivity index (χ3v) is 5.72. The molecule has 1 heterocycles. The third kappa shape index (κ3) is 6.29. The van der Waals surface area contributed by atoms with Crippen molar-refractivity contribution in [2.24, 2.45) is 0 Å². The lowest BCUT2D eigenvalue weighted by atomic mass is 9.94. The van der Waals surface area contributed by atoms with Gasteiger partial charge >= 0.3 is 12.4 Å². The summed E-state index contributed by atoms with van der Waals surface area (Å²) in [6, 6.07) is 15.7. The molecule has 0 aliphatic heterocycles. The van der Waals surface area contributed by atoms with Gasteiger partial charge in [-0.25, -0.2) is 0 Å². The number of nitrogens with zero attached hydrogens (tertiary/aromatic N) is 1. The summed E-state index contributed by atoms with van der Waals surface area (Å²) in [5, 5.41) is 4.41. The van der Waals surface area contributed by atoms with Crippen molar-refractivity contribution in [3.63, 3.8) is 0 Å². The maximum Gasteiger partial charge on any atom is 0.416 e. The van der Waals surface area contributed by atoms with Crippen molar-refractivity contribution >= 4 is 27.9 Å². The van der Waals surface area contributed by atoms with Crippen LogP contribution in [0.1, 0.15) is 29.2 Å². The second-order valence-corrected chi connectivity index (χ2v) is 8.49. The number of hydrogen-bond donors (Lipinski definition) is 1. The van der Waals surface area contributed by atoms with Gasteiger partial charge in [-0.15, -0.1) is 0 Å². The van der Waals surface area contributed by atoms with Gasteiger partial charge in [0.2, 0.25) is 5.91 Å². The van der Waals surface area contributed by atoms with Gasteiger partial charge in [-0.1, -0.05) is 42.5 Å². The van der Waals surface area contributed by atoms with Gasteiger partial charge in [0.05, 0.1) is 11.1 Å². The molecule has 0 bridgehead atoms. The Morgan fingerprint density at radius 3 is 1.84 bits per heavy atom. The lowest BCUT2D eigenvalue weighted by molar-refractivity contribution is -0.138. The largest absolute Gasteiger partial charge is 0.416 e. The Labute approximate surface area is 214 Å². The zero-order valence-electron chi connectivity index (χ0n) is 19.9. The molecular formula is C29H20F6N2O.